The van der Waals surface area contributed by atoms with Crippen LogP contribution in [0.2, 0.25) is 5.02 Å². The molecule has 0 spiro atoms. The fraction of sp³-hybridized carbons (Fsp3) is 0.172. The van der Waals surface area contributed by atoms with Gasteiger partial charge in [-0.1, -0.05) is 48.0 Å². The van der Waals surface area contributed by atoms with Crippen molar-refractivity contribution in [3.05, 3.63) is 117 Å². The van der Waals surface area contributed by atoms with Gasteiger partial charge < -0.3 is 19.7 Å². The minimum absolute atomic E-state index is 0.151. The third-order valence-electron chi connectivity index (χ3n) is 5.87. The van der Waals surface area contributed by atoms with Gasteiger partial charge in [0.15, 0.2) is 0 Å². The number of nitrogens with one attached hydrogen (secondary N) is 1. The van der Waals surface area contributed by atoms with E-state index in [-0.39, 0.29) is 18.4 Å². The number of nitrogens with zero attached hydrogens (tertiary/aromatic N) is 1. The molecule has 190 valence electrons. The number of ether oxygens (including phenoxy) is 2. The van der Waals surface area contributed by atoms with Crippen molar-refractivity contribution < 1.29 is 19.1 Å². The van der Waals surface area contributed by atoms with Crippen molar-refractivity contribution in [2.75, 3.05) is 14.2 Å². The molecule has 2 amide bonds. The Morgan fingerprint density at radius 1 is 0.946 bits per heavy atom. The van der Waals surface area contributed by atoms with Crippen molar-refractivity contribution in [2.45, 2.75) is 19.1 Å². The zero-order valence-electron chi connectivity index (χ0n) is 20.5. The average Bonchev–Trinajstić information content (AvgIpc) is 3.47. The van der Waals surface area contributed by atoms with Crippen LogP contribution < -0.4 is 14.8 Å². The molecule has 0 saturated heterocycles. The summed E-state index contributed by atoms with van der Waals surface area (Å²) in [6.07, 6.45) is 0. The largest absolute Gasteiger partial charge is 0.497 e. The van der Waals surface area contributed by atoms with Crippen LogP contribution in [0.1, 0.15) is 32.4 Å². The van der Waals surface area contributed by atoms with Gasteiger partial charge >= 0.3 is 0 Å². The van der Waals surface area contributed by atoms with E-state index in [1.165, 1.54) is 11.3 Å². The molecule has 6 nitrogen and oxygen atoms in total. The Morgan fingerprint density at radius 3 is 2.35 bits per heavy atom. The van der Waals surface area contributed by atoms with Gasteiger partial charge in [0.25, 0.3) is 5.91 Å². The highest BCUT2D eigenvalue weighted by Gasteiger charge is 2.33. The summed E-state index contributed by atoms with van der Waals surface area (Å²) in [7, 11) is 3.15. The van der Waals surface area contributed by atoms with E-state index in [1.807, 2.05) is 47.8 Å². The molecule has 1 N–H and O–H groups in total. The van der Waals surface area contributed by atoms with E-state index in [2.05, 4.69) is 5.32 Å². The van der Waals surface area contributed by atoms with Gasteiger partial charge in [-0.25, -0.2) is 0 Å². The molecule has 3 aromatic carbocycles. The number of benzene rings is 3. The summed E-state index contributed by atoms with van der Waals surface area (Å²) < 4.78 is 10.9. The minimum atomic E-state index is -0.855. The van der Waals surface area contributed by atoms with Gasteiger partial charge in [-0.15, -0.1) is 11.3 Å². The Morgan fingerprint density at radius 2 is 1.70 bits per heavy atom. The molecular formula is C29H27ClN2O4S. The van der Waals surface area contributed by atoms with Gasteiger partial charge in [0.1, 0.15) is 17.5 Å². The zero-order chi connectivity index (χ0) is 26.2. The van der Waals surface area contributed by atoms with Crippen molar-refractivity contribution in [2.24, 2.45) is 0 Å². The van der Waals surface area contributed by atoms with E-state index in [1.54, 1.807) is 61.6 Å². The number of rotatable bonds is 10. The van der Waals surface area contributed by atoms with E-state index in [0.29, 0.717) is 28.6 Å². The summed E-state index contributed by atoms with van der Waals surface area (Å²) in [5.74, 6) is 0.654. The molecule has 0 saturated carbocycles. The van der Waals surface area contributed by atoms with Gasteiger partial charge in [0.05, 0.1) is 20.8 Å². The molecule has 4 aromatic rings. The van der Waals surface area contributed by atoms with Gasteiger partial charge in [-0.05, 0) is 53.4 Å². The average molecular weight is 535 g/mol. The number of hydrogen-bond donors (Lipinski definition) is 1. The molecule has 8 heteroatoms. The van der Waals surface area contributed by atoms with Crippen LogP contribution in [0, 0.1) is 0 Å². The SMILES string of the molecule is COc1ccc(CN(C(=O)c2ccccc2)C(C(=O)NCc2ccc(Cl)cc2)c2cccs2)c(OC)c1. The van der Waals surface area contributed by atoms with Crippen LogP contribution in [0.5, 0.6) is 11.5 Å². The first-order valence-corrected chi connectivity index (χ1v) is 12.9. The highest BCUT2D eigenvalue weighted by molar-refractivity contribution is 7.10. The molecule has 0 aliphatic carbocycles. The van der Waals surface area contributed by atoms with Crippen molar-refractivity contribution in [3.8, 4) is 11.5 Å². The molecule has 0 bridgehead atoms. The predicted octanol–water partition coefficient (Wildman–Crippen LogP) is 6.12. The highest BCUT2D eigenvalue weighted by atomic mass is 35.5. The normalized spacial score (nSPS) is 11.4. The van der Waals surface area contributed by atoms with Crippen molar-refractivity contribution in [3.63, 3.8) is 0 Å². The predicted molar refractivity (Wildman–Crippen MR) is 146 cm³/mol. The maximum Gasteiger partial charge on any atom is 0.255 e. The van der Waals surface area contributed by atoms with E-state index in [9.17, 15) is 9.59 Å². The third kappa shape index (κ3) is 6.50. The summed E-state index contributed by atoms with van der Waals surface area (Å²) >= 11 is 7.43. The molecule has 1 atom stereocenters. The molecular weight excluding hydrogens is 508 g/mol. The van der Waals surface area contributed by atoms with Crippen LogP contribution in [0.4, 0.5) is 0 Å². The Labute approximate surface area is 225 Å². The Bertz CT molecular complexity index is 1330. The van der Waals surface area contributed by atoms with E-state index in [0.717, 1.165) is 16.0 Å². The summed E-state index contributed by atoms with van der Waals surface area (Å²) in [5, 5.41) is 5.53. The lowest BCUT2D eigenvalue weighted by Crippen LogP contribution is -2.43. The maximum atomic E-state index is 13.9. The van der Waals surface area contributed by atoms with Crippen molar-refractivity contribution in [1.29, 1.82) is 0 Å². The quantitative estimate of drug-likeness (QED) is 0.266. The number of methoxy groups -OCH3 is 2. The first kappa shape index (κ1) is 26.3. The molecule has 0 fully saturated rings. The topological polar surface area (TPSA) is 67.9 Å². The Hall–Kier alpha value is -3.81. The molecule has 1 aromatic heterocycles. The van der Waals surface area contributed by atoms with Crippen LogP contribution in [-0.4, -0.2) is 30.9 Å². The molecule has 1 heterocycles. The Balaban J connectivity index is 1.71. The molecule has 0 aliphatic rings. The smallest absolute Gasteiger partial charge is 0.255 e. The van der Waals surface area contributed by atoms with Crippen LogP contribution in [0.25, 0.3) is 0 Å². The number of amides is 2. The number of thiophene rings is 1. The molecule has 0 aliphatic heterocycles. The zero-order valence-corrected chi connectivity index (χ0v) is 22.1. The van der Waals surface area contributed by atoms with Gasteiger partial charge in [0.2, 0.25) is 5.91 Å². The third-order valence-corrected chi connectivity index (χ3v) is 7.05. The summed E-state index contributed by atoms with van der Waals surface area (Å²) in [5.41, 5.74) is 2.14. The van der Waals surface area contributed by atoms with Gasteiger partial charge in [-0.2, -0.15) is 0 Å². The van der Waals surface area contributed by atoms with Crippen LogP contribution >= 0.6 is 22.9 Å². The number of hydrogen-bond acceptors (Lipinski definition) is 5. The van der Waals surface area contributed by atoms with Crippen molar-refractivity contribution >= 4 is 34.8 Å². The lowest BCUT2D eigenvalue weighted by molar-refractivity contribution is -0.126. The number of carbonyl (C=O) groups is 2. The second kappa shape index (κ2) is 12.4. The highest BCUT2D eigenvalue weighted by Crippen LogP contribution is 2.32. The lowest BCUT2D eigenvalue weighted by Gasteiger charge is -2.31. The van der Waals surface area contributed by atoms with Crippen LogP contribution in [0.3, 0.4) is 0 Å². The number of halogens is 1. The molecule has 4 rings (SSSR count). The van der Waals surface area contributed by atoms with Crippen LogP contribution in [-0.2, 0) is 17.9 Å². The fourth-order valence-electron chi connectivity index (χ4n) is 3.95. The van der Waals surface area contributed by atoms with Crippen molar-refractivity contribution in [1.82, 2.24) is 10.2 Å². The standard InChI is InChI=1S/C29H27ClN2O4S/c1-35-24-15-12-22(25(17-24)36-2)19-32(29(34)21-7-4-3-5-8-21)27(26-9-6-16-37-26)28(33)31-18-20-10-13-23(30)14-11-20/h3-17,27H,18-19H2,1-2H3,(H,31,33). The molecule has 37 heavy (non-hydrogen) atoms. The number of carbonyl (C=O) groups excluding carboxylic acids is 2. The first-order chi connectivity index (χ1) is 18.0. The molecule has 0 radical (unpaired) electrons. The summed E-state index contributed by atoms with van der Waals surface area (Å²) in [6, 6.07) is 24.5. The first-order valence-electron chi connectivity index (χ1n) is 11.6. The maximum absolute atomic E-state index is 13.9. The second-order valence-electron chi connectivity index (χ2n) is 8.24. The minimum Gasteiger partial charge on any atom is -0.497 e. The van der Waals surface area contributed by atoms with Gasteiger partial charge in [0, 0.05) is 33.6 Å². The Kier molecular flexibility index (Phi) is 8.82. The van der Waals surface area contributed by atoms with E-state index >= 15 is 0 Å². The molecule has 1 unspecified atom stereocenters. The van der Waals surface area contributed by atoms with E-state index in [4.69, 9.17) is 21.1 Å². The fourth-order valence-corrected chi connectivity index (χ4v) is 4.91. The monoisotopic (exact) mass is 534 g/mol. The van der Waals surface area contributed by atoms with Crippen LogP contribution in [0.15, 0.2) is 90.3 Å². The van der Waals surface area contributed by atoms with E-state index < -0.39 is 6.04 Å². The second-order valence-corrected chi connectivity index (χ2v) is 9.65. The summed E-state index contributed by atoms with van der Waals surface area (Å²) in [6.45, 7) is 0.453. The van der Waals surface area contributed by atoms with Gasteiger partial charge in [-0.3, -0.25) is 9.59 Å². The summed E-state index contributed by atoms with van der Waals surface area (Å²) in [4.78, 5) is 30.0. The lowest BCUT2D eigenvalue weighted by atomic mass is 10.1.